The molecule has 0 bridgehead atoms. The third kappa shape index (κ3) is 3.95. The highest BCUT2D eigenvalue weighted by Crippen LogP contribution is 2.32. The van der Waals surface area contributed by atoms with E-state index in [0.29, 0.717) is 13.0 Å². The summed E-state index contributed by atoms with van der Waals surface area (Å²) >= 11 is 0. The number of anilines is 1. The molecule has 4 rings (SSSR count). The summed E-state index contributed by atoms with van der Waals surface area (Å²) < 4.78 is 23.1. The maximum Gasteiger partial charge on any atom is 0.223 e. The Bertz CT molecular complexity index is 847. The van der Waals surface area contributed by atoms with Crippen LogP contribution in [0.25, 0.3) is 0 Å². The summed E-state index contributed by atoms with van der Waals surface area (Å²) in [5.41, 5.74) is 2.52. The molecule has 2 fully saturated rings. The molecule has 0 aromatic carbocycles. The number of aromatic nitrogens is 2. The number of amides is 1. The molecule has 27 heavy (non-hydrogen) atoms. The number of rotatable bonds is 4. The van der Waals surface area contributed by atoms with Gasteiger partial charge in [-0.3, -0.25) is 4.79 Å². The van der Waals surface area contributed by atoms with Crippen molar-refractivity contribution in [2.24, 2.45) is 5.92 Å². The summed E-state index contributed by atoms with van der Waals surface area (Å²) in [6.07, 6.45) is 6.70. The molecule has 0 saturated carbocycles. The number of piperidine rings is 1. The van der Waals surface area contributed by atoms with E-state index in [9.17, 15) is 13.2 Å². The van der Waals surface area contributed by atoms with Crippen LogP contribution in [-0.4, -0.2) is 66.9 Å². The average molecular weight is 393 g/mol. The summed E-state index contributed by atoms with van der Waals surface area (Å²) in [6, 6.07) is 0.217. The second-order valence-corrected chi connectivity index (χ2v) is 10.5. The van der Waals surface area contributed by atoms with Gasteiger partial charge in [-0.2, -0.15) is 0 Å². The van der Waals surface area contributed by atoms with Crippen LogP contribution in [0.3, 0.4) is 0 Å². The van der Waals surface area contributed by atoms with Crippen LogP contribution in [0.1, 0.15) is 42.8 Å². The normalized spacial score (nSPS) is 23.9. The van der Waals surface area contributed by atoms with E-state index in [-0.39, 0.29) is 23.6 Å². The van der Waals surface area contributed by atoms with Gasteiger partial charge in [-0.15, -0.1) is 0 Å². The van der Waals surface area contributed by atoms with Crippen molar-refractivity contribution in [3.8, 4) is 0 Å². The highest BCUT2D eigenvalue weighted by Gasteiger charge is 2.37. The molecule has 0 spiro atoms. The Morgan fingerprint density at radius 3 is 2.59 bits per heavy atom. The van der Waals surface area contributed by atoms with Crippen LogP contribution in [0.4, 0.5) is 5.82 Å². The number of carbonyl (C=O) groups is 1. The van der Waals surface area contributed by atoms with Gasteiger partial charge in [0, 0.05) is 49.6 Å². The highest BCUT2D eigenvalue weighted by molar-refractivity contribution is 7.90. The first kappa shape index (κ1) is 18.7. The van der Waals surface area contributed by atoms with Gasteiger partial charge in [0.2, 0.25) is 5.91 Å². The summed E-state index contributed by atoms with van der Waals surface area (Å²) in [5, 5.41) is 0. The summed E-state index contributed by atoms with van der Waals surface area (Å²) in [7, 11) is -3.04. The first-order valence-electron chi connectivity index (χ1n) is 9.88. The van der Waals surface area contributed by atoms with E-state index < -0.39 is 9.84 Å². The first-order chi connectivity index (χ1) is 12.8. The van der Waals surface area contributed by atoms with Crippen molar-refractivity contribution in [1.29, 1.82) is 0 Å². The molecule has 1 aliphatic carbocycles. The van der Waals surface area contributed by atoms with E-state index in [2.05, 4.69) is 9.88 Å². The van der Waals surface area contributed by atoms with E-state index in [1.54, 1.807) is 0 Å². The summed E-state index contributed by atoms with van der Waals surface area (Å²) in [5.74, 6) is 2.10. The molecule has 8 heteroatoms. The minimum atomic E-state index is -3.04. The van der Waals surface area contributed by atoms with Crippen LogP contribution < -0.4 is 4.90 Å². The molecule has 7 nitrogen and oxygen atoms in total. The molecule has 1 aromatic heterocycles. The minimum Gasteiger partial charge on any atom is -0.356 e. The van der Waals surface area contributed by atoms with Gasteiger partial charge in [-0.05, 0) is 44.9 Å². The molecule has 1 atom stereocenters. The van der Waals surface area contributed by atoms with Gasteiger partial charge in [-0.1, -0.05) is 0 Å². The van der Waals surface area contributed by atoms with Crippen LogP contribution in [-0.2, 0) is 27.5 Å². The molecule has 0 N–H and O–H groups in total. The van der Waals surface area contributed by atoms with Gasteiger partial charge in [0.15, 0.2) is 0 Å². The third-order valence-corrected chi connectivity index (χ3v) is 7.08. The third-order valence-electron chi connectivity index (χ3n) is 6.00. The van der Waals surface area contributed by atoms with E-state index >= 15 is 0 Å². The molecular weight excluding hydrogens is 364 g/mol. The largest absolute Gasteiger partial charge is 0.356 e. The molecule has 1 amide bonds. The molecule has 0 radical (unpaired) electrons. The Balaban J connectivity index is 1.41. The fraction of sp³-hybridized carbons (Fsp3) is 0.737. The number of aryl methyl sites for hydroxylation is 2. The van der Waals surface area contributed by atoms with Gasteiger partial charge in [0.05, 0.1) is 5.75 Å². The van der Waals surface area contributed by atoms with Crippen LogP contribution in [0.5, 0.6) is 0 Å². The number of hydrogen-bond acceptors (Lipinski definition) is 6. The number of likely N-dealkylation sites (tertiary alicyclic amines) is 1. The zero-order valence-corrected chi connectivity index (χ0v) is 17.0. The zero-order chi connectivity index (χ0) is 19.2. The Morgan fingerprint density at radius 1 is 1.15 bits per heavy atom. The quantitative estimate of drug-likeness (QED) is 0.764. The lowest BCUT2D eigenvalue weighted by Crippen LogP contribution is -2.46. The van der Waals surface area contributed by atoms with E-state index in [0.717, 1.165) is 56.8 Å². The molecule has 1 aromatic rings. The first-order valence-corrected chi connectivity index (χ1v) is 11.9. The molecular formula is C19H28N4O3S. The predicted octanol–water partition coefficient (Wildman–Crippen LogP) is 1.14. The van der Waals surface area contributed by atoms with Gasteiger partial charge in [0.1, 0.15) is 21.5 Å². The van der Waals surface area contributed by atoms with Crippen molar-refractivity contribution < 1.29 is 13.2 Å². The van der Waals surface area contributed by atoms with Crippen molar-refractivity contribution in [2.75, 3.05) is 36.5 Å². The summed E-state index contributed by atoms with van der Waals surface area (Å²) in [4.78, 5) is 26.0. The van der Waals surface area contributed by atoms with E-state index in [4.69, 9.17) is 4.98 Å². The molecule has 2 aliphatic heterocycles. The van der Waals surface area contributed by atoms with E-state index in [1.807, 2.05) is 11.8 Å². The Labute approximate surface area is 161 Å². The highest BCUT2D eigenvalue weighted by atomic mass is 32.2. The summed E-state index contributed by atoms with van der Waals surface area (Å²) in [6.45, 7) is 4.31. The van der Waals surface area contributed by atoms with Crippen molar-refractivity contribution in [1.82, 2.24) is 14.9 Å². The Hall–Kier alpha value is -1.70. The predicted molar refractivity (Wildman–Crippen MR) is 104 cm³/mol. The fourth-order valence-corrected chi connectivity index (χ4v) is 5.96. The maximum atomic E-state index is 12.4. The van der Waals surface area contributed by atoms with Crippen molar-refractivity contribution >= 4 is 21.6 Å². The van der Waals surface area contributed by atoms with Gasteiger partial charge in [-0.25, -0.2) is 18.4 Å². The second-order valence-electron chi connectivity index (χ2n) is 8.30. The topological polar surface area (TPSA) is 83.5 Å². The fourth-order valence-electron chi connectivity index (χ4n) is 4.89. The van der Waals surface area contributed by atoms with Crippen LogP contribution >= 0.6 is 0 Å². The average Bonchev–Trinajstić information content (AvgIpc) is 3.19. The van der Waals surface area contributed by atoms with Crippen molar-refractivity contribution in [3.05, 3.63) is 17.1 Å². The minimum absolute atomic E-state index is 0.0571. The molecule has 1 unspecified atom stereocenters. The van der Waals surface area contributed by atoms with Crippen LogP contribution in [0.2, 0.25) is 0 Å². The zero-order valence-electron chi connectivity index (χ0n) is 16.1. The van der Waals surface area contributed by atoms with Gasteiger partial charge < -0.3 is 9.80 Å². The van der Waals surface area contributed by atoms with Crippen LogP contribution in [0, 0.1) is 12.8 Å². The molecule has 2 saturated heterocycles. The van der Waals surface area contributed by atoms with Crippen LogP contribution in [0.15, 0.2) is 0 Å². The number of hydrogen-bond donors (Lipinski definition) is 0. The number of carbonyl (C=O) groups excluding carboxylic acids is 1. The second kappa shape index (κ2) is 7.04. The monoisotopic (exact) mass is 392 g/mol. The number of sulfone groups is 1. The maximum absolute atomic E-state index is 12.4. The van der Waals surface area contributed by atoms with Gasteiger partial charge in [0.25, 0.3) is 0 Å². The standard InChI is InChI=1S/C19H28N4O3S/c1-13-20-17-5-3-4-16(17)19(21-13)22-8-6-15(7-9-22)23-11-14(10-18(23)24)12-27(2,25)26/h14-15H,3-12H2,1-2H3. The Kier molecular flexibility index (Phi) is 4.86. The lowest BCUT2D eigenvalue weighted by atomic mass is 10.0. The smallest absolute Gasteiger partial charge is 0.223 e. The number of nitrogens with zero attached hydrogens (tertiary/aromatic N) is 4. The van der Waals surface area contributed by atoms with Crippen molar-refractivity contribution in [3.63, 3.8) is 0 Å². The lowest BCUT2D eigenvalue weighted by molar-refractivity contribution is -0.130. The molecule has 3 heterocycles. The SMILES string of the molecule is Cc1nc2c(c(N3CCC(N4CC(CS(C)(=O)=O)CC4=O)CC3)n1)CCC2. The Morgan fingerprint density at radius 2 is 1.89 bits per heavy atom. The molecule has 3 aliphatic rings. The molecule has 148 valence electrons. The van der Waals surface area contributed by atoms with E-state index in [1.165, 1.54) is 17.5 Å². The lowest BCUT2D eigenvalue weighted by Gasteiger charge is -2.38. The number of fused-ring (bicyclic) bond motifs is 1. The van der Waals surface area contributed by atoms with Crippen molar-refractivity contribution in [2.45, 2.75) is 51.5 Å². The van der Waals surface area contributed by atoms with Gasteiger partial charge >= 0.3 is 0 Å².